The van der Waals surface area contributed by atoms with Crippen molar-refractivity contribution in [3.05, 3.63) is 72.4 Å². The van der Waals surface area contributed by atoms with Crippen LogP contribution >= 0.6 is 0 Å². The zero-order valence-electron chi connectivity index (χ0n) is 12.3. The van der Waals surface area contributed by atoms with Crippen LogP contribution in [0.3, 0.4) is 0 Å². The van der Waals surface area contributed by atoms with Crippen LogP contribution in [0.25, 0.3) is 0 Å². The standard InChI is InChI=1S/C18H20N2O/c1-14(2)17(19-15-9-5-3-6-10-15)13-18(21)20-16-11-7-4-8-12-16/h3-14,19H,1-2H3,(H,20,21)/b17-13+. The van der Waals surface area contributed by atoms with Gasteiger partial charge in [0.15, 0.2) is 0 Å². The molecule has 0 fully saturated rings. The summed E-state index contributed by atoms with van der Waals surface area (Å²) < 4.78 is 0. The topological polar surface area (TPSA) is 41.1 Å². The molecule has 0 aromatic heterocycles. The molecule has 0 saturated carbocycles. The molecule has 0 saturated heterocycles. The molecule has 2 rings (SSSR count). The number of allylic oxidation sites excluding steroid dienone is 1. The van der Waals surface area contributed by atoms with Crippen molar-refractivity contribution in [3.63, 3.8) is 0 Å². The molecule has 3 nitrogen and oxygen atoms in total. The van der Waals surface area contributed by atoms with E-state index in [0.29, 0.717) is 0 Å². The first-order valence-electron chi connectivity index (χ1n) is 7.05. The quantitative estimate of drug-likeness (QED) is 0.803. The molecular formula is C18H20N2O. The second-order valence-corrected chi connectivity index (χ2v) is 5.10. The lowest BCUT2D eigenvalue weighted by Gasteiger charge is -2.14. The summed E-state index contributed by atoms with van der Waals surface area (Å²) in [5.41, 5.74) is 2.65. The highest BCUT2D eigenvalue weighted by atomic mass is 16.1. The Labute approximate surface area is 125 Å². The molecule has 0 aliphatic carbocycles. The van der Waals surface area contributed by atoms with Crippen LogP contribution in [-0.2, 0) is 4.79 Å². The number of carbonyl (C=O) groups excluding carboxylic acids is 1. The smallest absolute Gasteiger partial charge is 0.250 e. The van der Waals surface area contributed by atoms with Gasteiger partial charge in [-0.25, -0.2) is 0 Å². The van der Waals surface area contributed by atoms with Gasteiger partial charge in [-0.2, -0.15) is 0 Å². The van der Waals surface area contributed by atoms with Gasteiger partial charge in [-0.15, -0.1) is 0 Å². The Kier molecular flexibility index (Phi) is 5.16. The Morgan fingerprint density at radius 2 is 1.33 bits per heavy atom. The maximum Gasteiger partial charge on any atom is 0.250 e. The number of anilines is 2. The van der Waals surface area contributed by atoms with E-state index in [1.165, 1.54) is 0 Å². The minimum Gasteiger partial charge on any atom is -0.359 e. The van der Waals surface area contributed by atoms with Crippen LogP contribution < -0.4 is 10.6 Å². The number of hydrogen-bond donors (Lipinski definition) is 2. The van der Waals surface area contributed by atoms with E-state index >= 15 is 0 Å². The lowest BCUT2D eigenvalue weighted by molar-refractivity contribution is -0.112. The van der Waals surface area contributed by atoms with Crippen LogP contribution in [0.5, 0.6) is 0 Å². The third-order valence-corrected chi connectivity index (χ3v) is 3.01. The van der Waals surface area contributed by atoms with Gasteiger partial charge in [0.2, 0.25) is 5.91 Å². The van der Waals surface area contributed by atoms with Crippen molar-refractivity contribution < 1.29 is 4.79 Å². The minimum absolute atomic E-state index is 0.131. The number of amides is 1. The van der Waals surface area contributed by atoms with E-state index in [1.54, 1.807) is 6.08 Å². The number of nitrogens with one attached hydrogen (secondary N) is 2. The summed E-state index contributed by atoms with van der Waals surface area (Å²) in [6.07, 6.45) is 1.62. The second-order valence-electron chi connectivity index (χ2n) is 5.10. The summed E-state index contributed by atoms with van der Waals surface area (Å²) in [5, 5.41) is 6.15. The average Bonchev–Trinajstić information content (AvgIpc) is 2.48. The lowest BCUT2D eigenvalue weighted by Crippen LogP contribution is -2.14. The molecule has 108 valence electrons. The maximum absolute atomic E-state index is 12.1. The van der Waals surface area contributed by atoms with Gasteiger partial charge < -0.3 is 10.6 Å². The summed E-state index contributed by atoms with van der Waals surface area (Å²) in [7, 11) is 0. The molecule has 0 spiro atoms. The van der Waals surface area contributed by atoms with Crippen molar-refractivity contribution in [2.75, 3.05) is 10.6 Å². The predicted molar refractivity (Wildman–Crippen MR) is 88.1 cm³/mol. The largest absolute Gasteiger partial charge is 0.359 e. The molecule has 2 aromatic carbocycles. The summed E-state index contributed by atoms with van der Waals surface area (Å²) in [6, 6.07) is 19.3. The van der Waals surface area contributed by atoms with E-state index in [1.807, 2.05) is 60.7 Å². The third kappa shape index (κ3) is 4.80. The van der Waals surface area contributed by atoms with Crippen molar-refractivity contribution in [1.82, 2.24) is 0 Å². The lowest BCUT2D eigenvalue weighted by atomic mass is 10.1. The normalized spacial score (nSPS) is 11.3. The number of rotatable bonds is 5. The molecular weight excluding hydrogens is 260 g/mol. The Morgan fingerprint density at radius 1 is 0.857 bits per heavy atom. The molecule has 0 radical (unpaired) electrons. The first-order valence-corrected chi connectivity index (χ1v) is 7.05. The van der Waals surface area contributed by atoms with Crippen LogP contribution in [0, 0.1) is 5.92 Å². The average molecular weight is 280 g/mol. The molecule has 0 atom stereocenters. The number of benzene rings is 2. The predicted octanol–water partition coefficient (Wildman–Crippen LogP) is 4.28. The first kappa shape index (κ1) is 14.9. The van der Waals surface area contributed by atoms with Crippen LogP contribution in [-0.4, -0.2) is 5.91 Å². The zero-order valence-corrected chi connectivity index (χ0v) is 12.3. The number of hydrogen-bond acceptors (Lipinski definition) is 2. The summed E-state index contributed by atoms with van der Waals surface area (Å²) in [5.74, 6) is 0.0973. The molecule has 2 aromatic rings. The van der Waals surface area contributed by atoms with Crippen molar-refractivity contribution >= 4 is 17.3 Å². The van der Waals surface area contributed by atoms with Crippen molar-refractivity contribution in [1.29, 1.82) is 0 Å². The molecule has 0 heterocycles. The molecule has 1 amide bonds. The van der Waals surface area contributed by atoms with Gasteiger partial charge in [-0.3, -0.25) is 4.79 Å². The zero-order chi connectivity index (χ0) is 15.1. The molecule has 0 aliphatic rings. The Bertz CT molecular complexity index is 604. The van der Waals surface area contributed by atoms with Gasteiger partial charge in [0, 0.05) is 23.1 Å². The van der Waals surface area contributed by atoms with Crippen molar-refractivity contribution in [2.45, 2.75) is 13.8 Å². The van der Waals surface area contributed by atoms with E-state index in [4.69, 9.17) is 0 Å². The Balaban J connectivity index is 2.08. The first-order chi connectivity index (χ1) is 10.1. The maximum atomic E-state index is 12.1. The van der Waals surface area contributed by atoms with E-state index in [-0.39, 0.29) is 11.8 Å². The van der Waals surface area contributed by atoms with Crippen molar-refractivity contribution in [3.8, 4) is 0 Å². The SMILES string of the molecule is CC(C)/C(=C\C(=O)Nc1ccccc1)Nc1ccccc1. The third-order valence-electron chi connectivity index (χ3n) is 3.01. The molecule has 2 N–H and O–H groups in total. The monoisotopic (exact) mass is 280 g/mol. The summed E-state index contributed by atoms with van der Waals surface area (Å²) >= 11 is 0. The minimum atomic E-state index is -0.131. The van der Waals surface area contributed by atoms with Crippen LogP contribution in [0.4, 0.5) is 11.4 Å². The van der Waals surface area contributed by atoms with Gasteiger partial charge in [0.1, 0.15) is 0 Å². The molecule has 0 aliphatic heterocycles. The van der Waals surface area contributed by atoms with Crippen LogP contribution in [0.2, 0.25) is 0 Å². The van der Waals surface area contributed by atoms with Crippen LogP contribution in [0.15, 0.2) is 72.4 Å². The second kappa shape index (κ2) is 7.29. The number of para-hydroxylation sites is 2. The fourth-order valence-corrected chi connectivity index (χ4v) is 1.88. The molecule has 0 bridgehead atoms. The van der Waals surface area contributed by atoms with E-state index < -0.39 is 0 Å². The van der Waals surface area contributed by atoms with E-state index in [2.05, 4.69) is 24.5 Å². The van der Waals surface area contributed by atoms with E-state index in [0.717, 1.165) is 17.1 Å². The van der Waals surface area contributed by atoms with Gasteiger partial charge in [0.05, 0.1) is 0 Å². The fourth-order valence-electron chi connectivity index (χ4n) is 1.88. The molecule has 21 heavy (non-hydrogen) atoms. The van der Waals surface area contributed by atoms with Crippen molar-refractivity contribution in [2.24, 2.45) is 5.92 Å². The van der Waals surface area contributed by atoms with Gasteiger partial charge in [-0.1, -0.05) is 50.2 Å². The Morgan fingerprint density at radius 3 is 1.81 bits per heavy atom. The number of carbonyl (C=O) groups is 1. The van der Waals surface area contributed by atoms with Gasteiger partial charge in [-0.05, 0) is 30.2 Å². The van der Waals surface area contributed by atoms with E-state index in [9.17, 15) is 4.79 Å². The van der Waals surface area contributed by atoms with Crippen LogP contribution in [0.1, 0.15) is 13.8 Å². The highest BCUT2D eigenvalue weighted by Crippen LogP contribution is 2.15. The van der Waals surface area contributed by atoms with Gasteiger partial charge in [0.25, 0.3) is 0 Å². The van der Waals surface area contributed by atoms with Gasteiger partial charge >= 0.3 is 0 Å². The highest BCUT2D eigenvalue weighted by Gasteiger charge is 2.07. The molecule has 0 unspecified atom stereocenters. The highest BCUT2D eigenvalue weighted by molar-refractivity contribution is 6.00. The Hall–Kier alpha value is -2.55. The summed E-state index contributed by atoms with van der Waals surface area (Å²) in [4.78, 5) is 12.1. The molecule has 3 heteroatoms. The fraction of sp³-hybridized carbons (Fsp3) is 0.167. The summed E-state index contributed by atoms with van der Waals surface area (Å²) in [6.45, 7) is 4.11.